The molecule has 0 fully saturated rings. The van der Waals surface area contributed by atoms with Crippen molar-refractivity contribution in [3.63, 3.8) is 0 Å². The minimum atomic E-state index is -0.186. The number of benzene rings is 1. The summed E-state index contributed by atoms with van der Waals surface area (Å²) in [4.78, 5) is 0. The van der Waals surface area contributed by atoms with Gasteiger partial charge in [-0.25, -0.2) is 0 Å². The van der Waals surface area contributed by atoms with Crippen molar-refractivity contribution in [3.05, 3.63) is 35.4 Å². The van der Waals surface area contributed by atoms with E-state index in [2.05, 4.69) is 45.0 Å². The predicted molar refractivity (Wildman–Crippen MR) is 78.8 cm³/mol. The molecule has 0 radical (unpaired) electrons. The molecular formula is C17H28O. The van der Waals surface area contributed by atoms with Gasteiger partial charge in [-0.1, -0.05) is 69.4 Å². The molecule has 102 valence electrons. The Morgan fingerprint density at radius 1 is 1.11 bits per heavy atom. The topological polar surface area (TPSA) is 20.2 Å². The molecule has 2 unspecified atom stereocenters. The third-order valence-corrected chi connectivity index (χ3v) is 3.74. The van der Waals surface area contributed by atoms with Gasteiger partial charge in [0.1, 0.15) is 0 Å². The summed E-state index contributed by atoms with van der Waals surface area (Å²) in [6, 6.07) is 8.50. The lowest BCUT2D eigenvalue weighted by molar-refractivity contribution is 0.137. The van der Waals surface area contributed by atoms with Crippen LogP contribution in [0.2, 0.25) is 0 Å². The lowest BCUT2D eigenvalue weighted by atomic mass is 9.91. The van der Waals surface area contributed by atoms with Gasteiger partial charge in [0, 0.05) is 0 Å². The molecule has 0 saturated carbocycles. The van der Waals surface area contributed by atoms with Crippen LogP contribution in [0.4, 0.5) is 0 Å². The van der Waals surface area contributed by atoms with E-state index in [1.165, 1.54) is 36.8 Å². The molecule has 1 heteroatoms. The van der Waals surface area contributed by atoms with Crippen molar-refractivity contribution in [2.45, 2.75) is 65.4 Å². The van der Waals surface area contributed by atoms with E-state index in [-0.39, 0.29) is 6.10 Å². The molecule has 0 heterocycles. The fourth-order valence-corrected chi connectivity index (χ4v) is 2.45. The Labute approximate surface area is 112 Å². The summed E-state index contributed by atoms with van der Waals surface area (Å²) in [5, 5.41) is 10.2. The van der Waals surface area contributed by atoms with Gasteiger partial charge in [0.25, 0.3) is 0 Å². The van der Waals surface area contributed by atoms with E-state index in [9.17, 15) is 5.11 Å². The van der Waals surface area contributed by atoms with E-state index in [0.717, 1.165) is 12.8 Å². The summed E-state index contributed by atoms with van der Waals surface area (Å²) in [7, 11) is 0. The highest BCUT2D eigenvalue weighted by Crippen LogP contribution is 2.20. The Balaban J connectivity index is 2.39. The van der Waals surface area contributed by atoms with Gasteiger partial charge in [0.2, 0.25) is 0 Å². The number of aryl methyl sites for hydroxylation is 1. The summed E-state index contributed by atoms with van der Waals surface area (Å²) >= 11 is 0. The molecule has 0 saturated heterocycles. The number of aliphatic hydroxyl groups excluding tert-OH is 1. The van der Waals surface area contributed by atoms with Crippen LogP contribution in [0.25, 0.3) is 0 Å². The first-order chi connectivity index (χ1) is 8.65. The maximum atomic E-state index is 10.2. The van der Waals surface area contributed by atoms with Crippen LogP contribution in [0.1, 0.15) is 57.1 Å². The first kappa shape index (κ1) is 15.2. The lowest BCUT2D eigenvalue weighted by Crippen LogP contribution is -2.16. The Bertz CT molecular complexity index is 315. The molecule has 0 bridgehead atoms. The molecule has 0 amide bonds. The minimum absolute atomic E-state index is 0.186. The Kier molecular flexibility index (Phi) is 7.04. The number of hydrogen-bond donors (Lipinski definition) is 1. The summed E-state index contributed by atoms with van der Waals surface area (Å²) in [6.45, 7) is 6.56. The smallest absolute Gasteiger partial charge is 0.0583 e. The van der Waals surface area contributed by atoms with E-state index < -0.39 is 0 Å². The highest BCUT2D eigenvalue weighted by atomic mass is 16.3. The average molecular weight is 248 g/mol. The Morgan fingerprint density at radius 2 is 1.78 bits per heavy atom. The molecular weight excluding hydrogens is 220 g/mol. The first-order valence-electron chi connectivity index (χ1n) is 7.39. The van der Waals surface area contributed by atoms with Crippen molar-refractivity contribution in [1.29, 1.82) is 0 Å². The second kappa shape index (κ2) is 8.31. The quantitative estimate of drug-likeness (QED) is 0.718. The summed E-state index contributed by atoms with van der Waals surface area (Å²) in [6.07, 6.45) is 6.55. The van der Waals surface area contributed by atoms with Crippen molar-refractivity contribution >= 4 is 0 Å². The van der Waals surface area contributed by atoms with E-state index in [0.29, 0.717) is 5.92 Å². The molecule has 0 spiro atoms. The van der Waals surface area contributed by atoms with Gasteiger partial charge in [0.15, 0.2) is 0 Å². The molecule has 1 nitrogen and oxygen atoms in total. The van der Waals surface area contributed by atoms with Crippen LogP contribution in [-0.4, -0.2) is 11.2 Å². The largest absolute Gasteiger partial charge is 0.393 e. The zero-order chi connectivity index (χ0) is 13.4. The van der Waals surface area contributed by atoms with Gasteiger partial charge in [0.05, 0.1) is 6.10 Å². The second-order valence-corrected chi connectivity index (χ2v) is 5.50. The van der Waals surface area contributed by atoms with E-state index in [1.807, 2.05) is 0 Å². The minimum Gasteiger partial charge on any atom is -0.393 e. The lowest BCUT2D eigenvalue weighted by Gasteiger charge is -2.19. The van der Waals surface area contributed by atoms with Crippen molar-refractivity contribution in [2.75, 3.05) is 0 Å². The van der Waals surface area contributed by atoms with Gasteiger partial charge in [-0.2, -0.15) is 0 Å². The molecule has 1 aromatic rings. The SMILES string of the molecule is CCCCC(CC)CC(O)Cc1ccc(C)cc1. The summed E-state index contributed by atoms with van der Waals surface area (Å²) in [5.74, 6) is 0.686. The van der Waals surface area contributed by atoms with Crippen LogP contribution in [0.5, 0.6) is 0 Å². The van der Waals surface area contributed by atoms with Gasteiger partial charge < -0.3 is 5.11 Å². The standard InChI is InChI=1S/C17H28O/c1-4-6-7-15(5-2)12-17(18)13-16-10-8-14(3)9-11-16/h8-11,15,17-18H,4-7,12-13H2,1-3H3. The zero-order valence-corrected chi connectivity index (χ0v) is 12.2. The fourth-order valence-electron chi connectivity index (χ4n) is 2.45. The Morgan fingerprint density at radius 3 is 2.33 bits per heavy atom. The third-order valence-electron chi connectivity index (χ3n) is 3.74. The number of aliphatic hydroxyl groups is 1. The molecule has 0 aliphatic heterocycles. The monoisotopic (exact) mass is 248 g/mol. The van der Waals surface area contributed by atoms with Gasteiger partial charge in [-0.05, 0) is 31.2 Å². The van der Waals surface area contributed by atoms with Crippen LogP contribution < -0.4 is 0 Å². The molecule has 2 atom stereocenters. The van der Waals surface area contributed by atoms with Crippen molar-refractivity contribution in [1.82, 2.24) is 0 Å². The van der Waals surface area contributed by atoms with Crippen LogP contribution in [-0.2, 0) is 6.42 Å². The number of hydrogen-bond acceptors (Lipinski definition) is 1. The van der Waals surface area contributed by atoms with Crippen LogP contribution in [0, 0.1) is 12.8 Å². The zero-order valence-electron chi connectivity index (χ0n) is 12.2. The summed E-state index contributed by atoms with van der Waals surface area (Å²) < 4.78 is 0. The number of unbranched alkanes of at least 4 members (excludes halogenated alkanes) is 1. The van der Waals surface area contributed by atoms with E-state index >= 15 is 0 Å². The average Bonchev–Trinajstić information content (AvgIpc) is 2.37. The maximum Gasteiger partial charge on any atom is 0.0583 e. The van der Waals surface area contributed by atoms with Crippen molar-refractivity contribution in [2.24, 2.45) is 5.92 Å². The molecule has 0 aliphatic rings. The van der Waals surface area contributed by atoms with E-state index in [1.54, 1.807) is 0 Å². The van der Waals surface area contributed by atoms with Crippen molar-refractivity contribution < 1.29 is 5.11 Å². The second-order valence-electron chi connectivity index (χ2n) is 5.50. The Hall–Kier alpha value is -0.820. The first-order valence-corrected chi connectivity index (χ1v) is 7.39. The highest BCUT2D eigenvalue weighted by Gasteiger charge is 2.13. The third kappa shape index (κ3) is 5.68. The van der Waals surface area contributed by atoms with Gasteiger partial charge in [-0.3, -0.25) is 0 Å². The van der Waals surface area contributed by atoms with Crippen LogP contribution in [0.3, 0.4) is 0 Å². The fraction of sp³-hybridized carbons (Fsp3) is 0.647. The van der Waals surface area contributed by atoms with Gasteiger partial charge >= 0.3 is 0 Å². The van der Waals surface area contributed by atoms with Crippen LogP contribution in [0.15, 0.2) is 24.3 Å². The molecule has 1 N–H and O–H groups in total. The van der Waals surface area contributed by atoms with Crippen molar-refractivity contribution in [3.8, 4) is 0 Å². The molecule has 18 heavy (non-hydrogen) atoms. The van der Waals surface area contributed by atoms with E-state index in [4.69, 9.17) is 0 Å². The highest BCUT2D eigenvalue weighted by molar-refractivity contribution is 5.21. The van der Waals surface area contributed by atoms with Crippen LogP contribution >= 0.6 is 0 Å². The number of rotatable bonds is 8. The normalized spacial score (nSPS) is 14.4. The van der Waals surface area contributed by atoms with Gasteiger partial charge in [-0.15, -0.1) is 0 Å². The molecule has 1 aromatic carbocycles. The molecule has 0 aliphatic carbocycles. The predicted octanol–water partition coefficient (Wildman–Crippen LogP) is 4.50. The molecule has 1 rings (SSSR count). The maximum absolute atomic E-state index is 10.2. The molecule has 0 aromatic heterocycles. The summed E-state index contributed by atoms with van der Waals surface area (Å²) in [5.41, 5.74) is 2.53.